The lowest BCUT2D eigenvalue weighted by molar-refractivity contribution is -0.129. The fraction of sp³-hybridized carbons (Fsp3) is 0.900. The monoisotopic (exact) mass is 216 g/mol. The van der Waals surface area contributed by atoms with E-state index in [1.54, 1.807) is 6.92 Å². The van der Waals surface area contributed by atoms with Crippen LogP contribution in [0.25, 0.3) is 0 Å². The van der Waals surface area contributed by atoms with E-state index in [1.807, 2.05) is 4.90 Å². The molecule has 1 saturated heterocycles. The van der Waals surface area contributed by atoms with E-state index >= 15 is 0 Å². The van der Waals surface area contributed by atoms with E-state index in [0.29, 0.717) is 12.6 Å². The molecule has 0 spiro atoms. The molecule has 1 heterocycles. The molecule has 0 aromatic carbocycles. The third kappa shape index (κ3) is 4.15. The van der Waals surface area contributed by atoms with Gasteiger partial charge in [0.2, 0.25) is 5.91 Å². The van der Waals surface area contributed by atoms with Gasteiger partial charge >= 0.3 is 0 Å². The van der Waals surface area contributed by atoms with Crippen LogP contribution in [0.5, 0.6) is 0 Å². The summed E-state index contributed by atoms with van der Waals surface area (Å²) in [4.78, 5) is 12.9. The summed E-state index contributed by atoms with van der Waals surface area (Å²) in [5, 5.41) is 21.0. The number of nitrogens with one attached hydrogen (secondary N) is 1. The first-order valence-electron chi connectivity index (χ1n) is 5.41. The Morgan fingerprint density at radius 3 is 2.60 bits per heavy atom. The molecule has 0 saturated carbocycles. The quantitative estimate of drug-likeness (QED) is 0.560. The molecule has 15 heavy (non-hydrogen) atoms. The highest BCUT2D eigenvalue weighted by Gasteiger charge is 2.20. The van der Waals surface area contributed by atoms with Crippen molar-refractivity contribution in [1.82, 2.24) is 10.2 Å². The number of aliphatic hydroxyl groups excluding tert-OH is 2. The van der Waals surface area contributed by atoms with Gasteiger partial charge in [0.15, 0.2) is 0 Å². The molecule has 0 radical (unpaired) electrons. The number of amides is 1. The van der Waals surface area contributed by atoms with Gasteiger partial charge in [-0.3, -0.25) is 4.79 Å². The Kier molecular flexibility index (Phi) is 5.01. The van der Waals surface area contributed by atoms with Crippen molar-refractivity contribution < 1.29 is 15.0 Å². The Hall–Kier alpha value is -0.650. The lowest BCUT2D eigenvalue weighted by Gasteiger charge is -2.32. The summed E-state index contributed by atoms with van der Waals surface area (Å²) >= 11 is 0. The zero-order chi connectivity index (χ0) is 11.3. The maximum atomic E-state index is 11.1. The van der Waals surface area contributed by atoms with Crippen LogP contribution in [0.15, 0.2) is 0 Å². The molecule has 1 unspecified atom stereocenters. The molecule has 0 aromatic rings. The van der Waals surface area contributed by atoms with Gasteiger partial charge in [0.1, 0.15) is 0 Å². The van der Waals surface area contributed by atoms with E-state index in [2.05, 4.69) is 5.32 Å². The van der Waals surface area contributed by atoms with E-state index in [1.165, 1.54) is 0 Å². The van der Waals surface area contributed by atoms with Crippen LogP contribution in [0.3, 0.4) is 0 Å². The molecule has 0 aliphatic carbocycles. The van der Waals surface area contributed by atoms with E-state index in [9.17, 15) is 4.79 Å². The Balaban J connectivity index is 2.17. The van der Waals surface area contributed by atoms with Gasteiger partial charge in [-0.2, -0.15) is 0 Å². The number of rotatable bonds is 4. The maximum absolute atomic E-state index is 11.1. The number of carbonyl (C=O) groups is 1. The average molecular weight is 216 g/mol. The minimum atomic E-state index is -0.684. The molecule has 1 aliphatic heterocycles. The first-order valence-corrected chi connectivity index (χ1v) is 5.41. The van der Waals surface area contributed by atoms with Gasteiger partial charge in [-0.15, -0.1) is 0 Å². The van der Waals surface area contributed by atoms with Gasteiger partial charge < -0.3 is 20.4 Å². The van der Waals surface area contributed by atoms with Crippen molar-refractivity contribution in [3.05, 3.63) is 0 Å². The van der Waals surface area contributed by atoms with Gasteiger partial charge in [-0.05, 0) is 12.8 Å². The maximum Gasteiger partial charge on any atom is 0.219 e. The van der Waals surface area contributed by atoms with Gasteiger partial charge in [0.05, 0.1) is 12.7 Å². The molecule has 1 rings (SSSR count). The fourth-order valence-corrected chi connectivity index (χ4v) is 1.77. The van der Waals surface area contributed by atoms with E-state index < -0.39 is 6.10 Å². The van der Waals surface area contributed by atoms with Gasteiger partial charge in [0.25, 0.3) is 0 Å². The Morgan fingerprint density at radius 2 is 2.13 bits per heavy atom. The van der Waals surface area contributed by atoms with Crippen LogP contribution >= 0.6 is 0 Å². The zero-order valence-electron chi connectivity index (χ0n) is 9.15. The topological polar surface area (TPSA) is 72.8 Å². The molecule has 3 N–H and O–H groups in total. The second kappa shape index (κ2) is 6.05. The predicted octanol–water partition coefficient (Wildman–Crippen LogP) is -1.06. The number of piperidine rings is 1. The summed E-state index contributed by atoms with van der Waals surface area (Å²) in [6, 6.07) is 0.349. The number of carbonyl (C=O) groups excluding carboxylic acids is 1. The highest BCUT2D eigenvalue weighted by atomic mass is 16.3. The lowest BCUT2D eigenvalue weighted by atomic mass is 10.0. The molecule has 1 atom stereocenters. The highest BCUT2D eigenvalue weighted by molar-refractivity contribution is 5.73. The minimum absolute atomic E-state index is 0.129. The van der Waals surface area contributed by atoms with Gasteiger partial charge in [-0.1, -0.05) is 0 Å². The summed E-state index contributed by atoms with van der Waals surface area (Å²) in [5.41, 5.74) is 0. The summed E-state index contributed by atoms with van der Waals surface area (Å²) in [6.07, 6.45) is 1.14. The molecule has 5 heteroatoms. The Bertz CT molecular complexity index is 203. The third-order valence-corrected chi connectivity index (χ3v) is 2.79. The third-order valence-electron chi connectivity index (χ3n) is 2.79. The predicted molar refractivity (Wildman–Crippen MR) is 56.4 cm³/mol. The first kappa shape index (κ1) is 12.4. The summed E-state index contributed by atoms with van der Waals surface area (Å²) in [6.45, 7) is 3.36. The van der Waals surface area contributed by atoms with Crippen LogP contribution in [-0.4, -0.2) is 59.4 Å². The number of hydrogen-bond acceptors (Lipinski definition) is 4. The normalized spacial score (nSPS) is 20.3. The van der Waals surface area contributed by atoms with Crippen LogP contribution < -0.4 is 5.32 Å². The summed E-state index contributed by atoms with van der Waals surface area (Å²) in [7, 11) is 0. The van der Waals surface area contributed by atoms with Crippen molar-refractivity contribution in [3.8, 4) is 0 Å². The van der Waals surface area contributed by atoms with Crippen LogP contribution in [-0.2, 0) is 4.79 Å². The van der Waals surface area contributed by atoms with Crippen molar-refractivity contribution >= 4 is 5.91 Å². The fourth-order valence-electron chi connectivity index (χ4n) is 1.77. The van der Waals surface area contributed by atoms with Crippen LogP contribution in [0.2, 0.25) is 0 Å². The van der Waals surface area contributed by atoms with Crippen molar-refractivity contribution in [2.45, 2.75) is 31.9 Å². The van der Waals surface area contributed by atoms with E-state index in [4.69, 9.17) is 10.2 Å². The van der Waals surface area contributed by atoms with Crippen molar-refractivity contribution in [2.75, 3.05) is 26.2 Å². The lowest BCUT2D eigenvalue weighted by Crippen LogP contribution is -2.46. The van der Waals surface area contributed by atoms with Gasteiger partial charge in [-0.25, -0.2) is 0 Å². The molecule has 0 bridgehead atoms. The van der Waals surface area contributed by atoms with E-state index in [-0.39, 0.29) is 12.5 Å². The Labute approximate surface area is 90.1 Å². The standard InChI is InChI=1S/C10H20N2O3/c1-8(14)12-4-2-9(3-5-12)11-6-10(15)7-13/h9-11,13,15H,2-7H2,1H3. The van der Waals surface area contributed by atoms with Crippen molar-refractivity contribution in [3.63, 3.8) is 0 Å². The molecular weight excluding hydrogens is 196 g/mol. The molecule has 88 valence electrons. The second-order valence-electron chi connectivity index (χ2n) is 4.02. The number of aliphatic hydroxyl groups is 2. The van der Waals surface area contributed by atoms with E-state index in [0.717, 1.165) is 25.9 Å². The summed E-state index contributed by atoms with van der Waals surface area (Å²) in [5.74, 6) is 0.129. The molecule has 1 fully saturated rings. The molecule has 1 amide bonds. The van der Waals surface area contributed by atoms with Crippen molar-refractivity contribution in [2.24, 2.45) is 0 Å². The minimum Gasteiger partial charge on any atom is -0.394 e. The number of hydrogen-bond donors (Lipinski definition) is 3. The van der Waals surface area contributed by atoms with Crippen LogP contribution in [0.1, 0.15) is 19.8 Å². The summed E-state index contributed by atoms with van der Waals surface area (Å²) < 4.78 is 0. The zero-order valence-corrected chi connectivity index (χ0v) is 9.15. The van der Waals surface area contributed by atoms with Crippen LogP contribution in [0, 0.1) is 0 Å². The van der Waals surface area contributed by atoms with Crippen LogP contribution in [0.4, 0.5) is 0 Å². The molecule has 1 aliphatic rings. The smallest absolute Gasteiger partial charge is 0.219 e. The molecular formula is C10H20N2O3. The number of likely N-dealkylation sites (tertiary alicyclic amines) is 1. The Morgan fingerprint density at radius 1 is 1.53 bits per heavy atom. The first-order chi connectivity index (χ1) is 7.13. The molecule has 5 nitrogen and oxygen atoms in total. The largest absolute Gasteiger partial charge is 0.394 e. The average Bonchev–Trinajstić information content (AvgIpc) is 2.26. The highest BCUT2D eigenvalue weighted by Crippen LogP contribution is 2.10. The van der Waals surface area contributed by atoms with Gasteiger partial charge in [0, 0.05) is 32.6 Å². The molecule has 0 aromatic heterocycles. The SMILES string of the molecule is CC(=O)N1CCC(NCC(O)CO)CC1. The number of nitrogens with zero attached hydrogens (tertiary/aromatic N) is 1. The second-order valence-corrected chi connectivity index (χ2v) is 4.02. The van der Waals surface area contributed by atoms with Crippen molar-refractivity contribution in [1.29, 1.82) is 0 Å².